The van der Waals surface area contributed by atoms with Gasteiger partial charge in [0.1, 0.15) is 11.4 Å². The summed E-state index contributed by atoms with van der Waals surface area (Å²) in [7, 11) is 3.17. The van der Waals surface area contributed by atoms with E-state index in [1.54, 1.807) is 42.9 Å². The summed E-state index contributed by atoms with van der Waals surface area (Å²) in [6.07, 6.45) is 3.65. The van der Waals surface area contributed by atoms with Crippen molar-refractivity contribution in [2.75, 3.05) is 32.3 Å². The van der Waals surface area contributed by atoms with E-state index in [1.807, 2.05) is 55.6 Å². The smallest absolute Gasteiger partial charge is 0.274 e. The second-order valence-corrected chi connectivity index (χ2v) is 7.58. The van der Waals surface area contributed by atoms with Crippen LogP contribution in [-0.4, -0.2) is 53.5 Å². The van der Waals surface area contributed by atoms with Gasteiger partial charge < -0.3 is 15.0 Å². The Morgan fingerprint density at radius 1 is 1.20 bits per heavy atom. The van der Waals surface area contributed by atoms with Crippen molar-refractivity contribution in [3.63, 3.8) is 0 Å². The van der Waals surface area contributed by atoms with Crippen LogP contribution in [0.25, 0.3) is 5.69 Å². The SMILES string of the molecule is COc1ccc(C)cc1-n1ccc(C(=O)N(C)CC(=O)Nc2ccccc2SC)n1. The Bertz CT molecular complexity index is 1060. The fourth-order valence-corrected chi connectivity index (χ4v) is 3.53. The maximum atomic E-state index is 12.8. The van der Waals surface area contributed by atoms with Crippen LogP contribution >= 0.6 is 11.8 Å². The van der Waals surface area contributed by atoms with Gasteiger partial charge in [-0.3, -0.25) is 9.59 Å². The van der Waals surface area contributed by atoms with Gasteiger partial charge >= 0.3 is 0 Å². The molecular weight excluding hydrogens is 400 g/mol. The zero-order chi connectivity index (χ0) is 21.7. The monoisotopic (exact) mass is 424 g/mol. The molecule has 1 N–H and O–H groups in total. The number of ether oxygens (including phenoxy) is 1. The van der Waals surface area contributed by atoms with Gasteiger partial charge in [0.15, 0.2) is 5.69 Å². The van der Waals surface area contributed by atoms with Crippen molar-refractivity contribution in [1.29, 1.82) is 0 Å². The molecule has 0 saturated heterocycles. The summed E-state index contributed by atoms with van der Waals surface area (Å²) < 4.78 is 6.99. The molecule has 156 valence electrons. The zero-order valence-electron chi connectivity index (χ0n) is 17.4. The van der Waals surface area contributed by atoms with Crippen LogP contribution in [0.5, 0.6) is 5.75 Å². The molecule has 1 aromatic heterocycles. The van der Waals surface area contributed by atoms with Crippen LogP contribution in [0.15, 0.2) is 59.6 Å². The summed E-state index contributed by atoms with van der Waals surface area (Å²) in [5.74, 6) is 0.0451. The molecule has 7 nitrogen and oxygen atoms in total. The second-order valence-electron chi connectivity index (χ2n) is 6.73. The third-order valence-electron chi connectivity index (χ3n) is 4.50. The lowest BCUT2D eigenvalue weighted by molar-refractivity contribution is -0.116. The lowest BCUT2D eigenvalue weighted by atomic mass is 10.2. The number of likely N-dealkylation sites (N-methyl/N-ethyl adjacent to an activating group) is 1. The molecule has 0 saturated carbocycles. The van der Waals surface area contributed by atoms with E-state index in [0.717, 1.165) is 21.8 Å². The van der Waals surface area contributed by atoms with Gasteiger partial charge in [0.2, 0.25) is 5.91 Å². The van der Waals surface area contributed by atoms with E-state index in [-0.39, 0.29) is 24.1 Å². The highest BCUT2D eigenvalue weighted by Crippen LogP contribution is 2.25. The van der Waals surface area contributed by atoms with Gasteiger partial charge in [-0.15, -0.1) is 11.8 Å². The molecule has 0 spiro atoms. The van der Waals surface area contributed by atoms with Gasteiger partial charge in [0, 0.05) is 18.1 Å². The first-order valence-corrected chi connectivity index (χ1v) is 10.5. The van der Waals surface area contributed by atoms with Crippen LogP contribution in [0.1, 0.15) is 16.1 Å². The molecule has 30 heavy (non-hydrogen) atoms. The molecule has 0 bridgehead atoms. The van der Waals surface area contributed by atoms with Gasteiger partial charge in [-0.2, -0.15) is 5.10 Å². The molecule has 3 rings (SSSR count). The van der Waals surface area contributed by atoms with E-state index in [9.17, 15) is 9.59 Å². The maximum Gasteiger partial charge on any atom is 0.274 e. The average molecular weight is 425 g/mol. The molecule has 8 heteroatoms. The number of nitrogens with zero attached hydrogens (tertiary/aromatic N) is 3. The van der Waals surface area contributed by atoms with Crippen LogP contribution < -0.4 is 10.1 Å². The quantitative estimate of drug-likeness (QED) is 0.586. The number of carbonyl (C=O) groups excluding carboxylic acids is 2. The number of aromatic nitrogens is 2. The summed E-state index contributed by atoms with van der Waals surface area (Å²) >= 11 is 1.55. The zero-order valence-corrected chi connectivity index (χ0v) is 18.2. The van der Waals surface area contributed by atoms with Crippen LogP contribution in [0.4, 0.5) is 5.69 Å². The standard InChI is InChI=1S/C22H24N4O3S/c1-15-9-10-19(29-3)18(13-15)26-12-11-17(24-26)22(28)25(2)14-21(27)23-16-7-5-6-8-20(16)30-4/h5-13H,14H2,1-4H3,(H,23,27). The molecule has 2 aromatic carbocycles. The Kier molecular flexibility index (Phi) is 6.79. The van der Waals surface area contributed by atoms with Crippen molar-refractivity contribution in [1.82, 2.24) is 14.7 Å². The molecule has 0 aliphatic heterocycles. The molecule has 0 aliphatic rings. The van der Waals surface area contributed by atoms with E-state index >= 15 is 0 Å². The third kappa shape index (κ3) is 4.83. The molecule has 0 unspecified atom stereocenters. The predicted molar refractivity (Wildman–Crippen MR) is 119 cm³/mol. The minimum Gasteiger partial charge on any atom is -0.494 e. The van der Waals surface area contributed by atoms with Crippen molar-refractivity contribution in [3.8, 4) is 11.4 Å². The highest BCUT2D eigenvalue weighted by molar-refractivity contribution is 7.98. The number of hydrogen-bond acceptors (Lipinski definition) is 5. The van der Waals surface area contributed by atoms with Crippen molar-refractivity contribution in [3.05, 3.63) is 66.0 Å². The number of benzene rings is 2. The lowest BCUT2D eigenvalue weighted by Gasteiger charge is -2.16. The van der Waals surface area contributed by atoms with E-state index in [2.05, 4.69) is 10.4 Å². The van der Waals surface area contributed by atoms with Gasteiger partial charge in [0.05, 0.1) is 19.3 Å². The number of para-hydroxylation sites is 1. The Balaban J connectivity index is 1.70. The maximum absolute atomic E-state index is 12.8. The van der Waals surface area contributed by atoms with Crippen LogP contribution in [0.2, 0.25) is 0 Å². The van der Waals surface area contributed by atoms with E-state index in [0.29, 0.717) is 5.75 Å². The van der Waals surface area contributed by atoms with Crippen molar-refractivity contribution in [2.24, 2.45) is 0 Å². The highest BCUT2D eigenvalue weighted by atomic mass is 32.2. The fourth-order valence-electron chi connectivity index (χ4n) is 2.97. The van der Waals surface area contributed by atoms with Crippen molar-refractivity contribution < 1.29 is 14.3 Å². The largest absolute Gasteiger partial charge is 0.494 e. The van der Waals surface area contributed by atoms with Crippen LogP contribution in [0.3, 0.4) is 0 Å². The first-order chi connectivity index (χ1) is 14.4. The first kappa shape index (κ1) is 21.4. The molecular formula is C22H24N4O3S. The van der Waals surface area contributed by atoms with Crippen molar-refractivity contribution >= 4 is 29.3 Å². The Labute approximate surface area is 180 Å². The summed E-state index contributed by atoms with van der Waals surface area (Å²) in [6.45, 7) is 1.89. The van der Waals surface area contributed by atoms with E-state index < -0.39 is 0 Å². The van der Waals surface area contributed by atoms with E-state index in [1.165, 1.54) is 4.90 Å². The van der Waals surface area contributed by atoms with Gasteiger partial charge in [0.25, 0.3) is 5.91 Å². The minimum atomic E-state index is -0.339. The van der Waals surface area contributed by atoms with E-state index in [4.69, 9.17) is 4.74 Å². The highest BCUT2D eigenvalue weighted by Gasteiger charge is 2.19. The van der Waals surface area contributed by atoms with Crippen LogP contribution in [0, 0.1) is 6.92 Å². The molecule has 0 aliphatic carbocycles. The Morgan fingerprint density at radius 3 is 2.70 bits per heavy atom. The number of methoxy groups -OCH3 is 1. The van der Waals surface area contributed by atoms with Crippen LogP contribution in [-0.2, 0) is 4.79 Å². The lowest BCUT2D eigenvalue weighted by Crippen LogP contribution is -2.35. The Morgan fingerprint density at radius 2 is 1.97 bits per heavy atom. The summed E-state index contributed by atoms with van der Waals surface area (Å²) in [5.41, 5.74) is 2.77. The molecule has 0 fully saturated rings. The van der Waals surface area contributed by atoms with Gasteiger partial charge in [-0.1, -0.05) is 18.2 Å². The number of thioether (sulfide) groups is 1. The van der Waals surface area contributed by atoms with Crippen molar-refractivity contribution in [2.45, 2.75) is 11.8 Å². The summed E-state index contributed by atoms with van der Waals surface area (Å²) in [6, 6.07) is 14.9. The number of amides is 2. The number of carbonyl (C=O) groups is 2. The molecule has 0 atom stereocenters. The fraction of sp³-hybridized carbons (Fsp3) is 0.227. The molecule has 0 radical (unpaired) electrons. The topological polar surface area (TPSA) is 76.5 Å². The second kappa shape index (κ2) is 9.49. The molecule has 2 amide bonds. The average Bonchev–Trinajstić information content (AvgIpc) is 3.23. The predicted octanol–water partition coefficient (Wildman–Crippen LogP) is 3.62. The first-order valence-electron chi connectivity index (χ1n) is 9.32. The normalized spacial score (nSPS) is 10.5. The van der Waals surface area contributed by atoms with Gasteiger partial charge in [-0.05, 0) is 49.1 Å². The number of rotatable bonds is 7. The molecule has 3 aromatic rings. The summed E-state index contributed by atoms with van der Waals surface area (Å²) in [5, 5.41) is 7.24. The summed E-state index contributed by atoms with van der Waals surface area (Å²) in [4.78, 5) is 27.5. The third-order valence-corrected chi connectivity index (χ3v) is 5.29. The number of hydrogen-bond donors (Lipinski definition) is 1. The van der Waals surface area contributed by atoms with Gasteiger partial charge in [-0.25, -0.2) is 4.68 Å². The number of nitrogens with one attached hydrogen (secondary N) is 1. The Hall–Kier alpha value is -3.26. The number of anilines is 1. The number of aryl methyl sites for hydroxylation is 1. The minimum absolute atomic E-state index is 0.0812. The molecule has 1 heterocycles.